The zero-order valence-electron chi connectivity index (χ0n) is 7.79. The van der Waals surface area contributed by atoms with Gasteiger partial charge in [-0.2, -0.15) is 5.10 Å². The van der Waals surface area contributed by atoms with E-state index in [1.807, 2.05) is 14.0 Å². The molecule has 0 fully saturated rings. The van der Waals surface area contributed by atoms with Crippen molar-refractivity contribution < 1.29 is 0 Å². The van der Waals surface area contributed by atoms with Crippen molar-refractivity contribution in [1.82, 2.24) is 9.78 Å². The van der Waals surface area contributed by atoms with E-state index in [2.05, 4.69) is 12.0 Å². The van der Waals surface area contributed by atoms with Crippen LogP contribution < -0.4 is 5.73 Å². The fourth-order valence-corrected chi connectivity index (χ4v) is 1.98. The first-order valence-corrected chi connectivity index (χ1v) is 5.07. The fraction of sp³-hybridized carbons (Fsp3) is 0.625. The normalized spacial score (nSPS) is 10.6. The third-order valence-electron chi connectivity index (χ3n) is 1.66. The Morgan fingerprint density at radius 1 is 1.58 bits per heavy atom. The number of hydrogen-bond acceptors (Lipinski definition) is 3. The summed E-state index contributed by atoms with van der Waals surface area (Å²) in [6, 6.07) is 0. The first-order chi connectivity index (χ1) is 5.66. The maximum absolute atomic E-state index is 5.82. The molecule has 0 bridgehead atoms. The molecule has 12 heavy (non-hydrogen) atoms. The molecule has 1 aromatic heterocycles. The second-order valence-electron chi connectivity index (χ2n) is 2.77. The molecule has 0 spiro atoms. The highest BCUT2D eigenvalue weighted by Crippen LogP contribution is 2.27. The Hall–Kier alpha value is -0.640. The second-order valence-corrected chi connectivity index (χ2v) is 3.88. The van der Waals surface area contributed by atoms with Crippen LogP contribution in [0.4, 0.5) is 5.82 Å². The SMILES string of the molecule is CCCSc1c(C)nn(C)c1N. The standard InChI is InChI=1S/C8H15N3S/c1-4-5-12-7-6(2)10-11(3)8(7)9/h4-5,9H2,1-3H3. The molecule has 0 radical (unpaired) electrons. The summed E-state index contributed by atoms with van der Waals surface area (Å²) < 4.78 is 1.73. The van der Waals surface area contributed by atoms with E-state index >= 15 is 0 Å². The smallest absolute Gasteiger partial charge is 0.135 e. The molecule has 0 unspecified atom stereocenters. The lowest BCUT2D eigenvalue weighted by atomic mass is 10.5. The minimum Gasteiger partial charge on any atom is -0.383 e. The highest BCUT2D eigenvalue weighted by atomic mass is 32.2. The van der Waals surface area contributed by atoms with E-state index < -0.39 is 0 Å². The van der Waals surface area contributed by atoms with Gasteiger partial charge in [-0.05, 0) is 19.1 Å². The number of nitrogens with zero attached hydrogens (tertiary/aromatic N) is 2. The van der Waals surface area contributed by atoms with Gasteiger partial charge < -0.3 is 5.73 Å². The third kappa shape index (κ3) is 1.75. The average Bonchev–Trinajstić information content (AvgIpc) is 2.25. The lowest BCUT2D eigenvalue weighted by Crippen LogP contribution is -1.97. The third-order valence-corrected chi connectivity index (χ3v) is 3.07. The van der Waals surface area contributed by atoms with E-state index in [1.165, 1.54) is 6.42 Å². The van der Waals surface area contributed by atoms with Gasteiger partial charge in [-0.1, -0.05) is 6.92 Å². The van der Waals surface area contributed by atoms with Gasteiger partial charge in [0.15, 0.2) is 0 Å². The molecule has 0 aliphatic carbocycles. The first-order valence-electron chi connectivity index (χ1n) is 4.08. The monoisotopic (exact) mass is 185 g/mol. The molecule has 0 aliphatic rings. The molecule has 0 atom stereocenters. The minimum atomic E-state index is 0.783. The Labute approximate surface area is 77.3 Å². The summed E-state index contributed by atoms with van der Waals surface area (Å²) in [6.45, 7) is 4.16. The molecule has 1 rings (SSSR count). The number of thioether (sulfide) groups is 1. The van der Waals surface area contributed by atoms with Gasteiger partial charge in [-0.3, -0.25) is 4.68 Å². The number of rotatable bonds is 3. The van der Waals surface area contributed by atoms with Crippen molar-refractivity contribution in [2.24, 2.45) is 7.05 Å². The number of nitrogens with two attached hydrogens (primary N) is 1. The van der Waals surface area contributed by atoms with E-state index in [-0.39, 0.29) is 0 Å². The Bertz CT molecular complexity index is 268. The van der Waals surface area contributed by atoms with Crippen molar-refractivity contribution in [1.29, 1.82) is 0 Å². The van der Waals surface area contributed by atoms with Gasteiger partial charge >= 0.3 is 0 Å². The Balaban J connectivity index is 2.82. The van der Waals surface area contributed by atoms with Crippen molar-refractivity contribution >= 4 is 17.6 Å². The lowest BCUT2D eigenvalue weighted by Gasteiger charge is -1.98. The summed E-state index contributed by atoms with van der Waals surface area (Å²) in [5, 5.41) is 4.23. The van der Waals surface area contributed by atoms with E-state index in [4.69, 9.17) is 5.73 Å². The Morgan fingerprint density at radius 3 is 2.67 bits per heavy atom. The zero-order chi connectivity index (χ0) is 9.14. The fourth-order valence-electron chi connectivity index (χ4n) is 1.04. The molecule has 68 valence electrons. The molecule has 0 aromatic carbocycles. The topological polar surface area (TPSA) is 43.8 Å². The molecular weight excluding hydrogens is 170 g/mol. The van der Waals surface area contributed by atoms with Crippen molar-refractivity contribution in [3.63, 3.8) is 0 Å². The molecule has 0 amide bonds. The quantitative estimate of drug-likeness (QED) is 0.730. The van der Waals surface area contributed by atoms with Crippen LogP contribution in [-0.4, -0.2) is 15.5 Å². The molecule has 4 heteroatoms. The predicted octanol–water partition coefficient (Wildman–Crippen LogP) is 1.81. The number of nitrogen functional groups attached to an aromatic ring is 1. The maximum atomic E-state index is 5.82. The summed E-state index contributed by atoms with van der Waals surface area (Å²) in [6.07, 6.45) is 1.17. The highest BCUT2D eigenvalue weighted by molar-refractivity contribution is 7.99. The number of anilines is 1. The molecule has 2 N–H and O–H groups in total. The van der Waals surface area contributed by atoms with E-state index in [0.717, 1.165) is 22.2 Å². The van der Waals surface area contributed by atoms with Crippen molar-refractivity contribution in [3.8, 4) is 0 Å². The Morgan fingerprint density at radius 2 is 2.25 bits per heavy atom. The number of aromatic nitrogens is 2. The van der Waals surface area contributed by atoms with Crippen LogP contribution in [0.25, 0.3) is 0 Å². The van der Waals surface area contributed by atoms with Crippen LogP contribution >= 0.6 is 11.8 Å². The summed E-state index contributed by atoms with van der Waals surface area (Å²) in [4.78, 5) is 1.14. The maximum Gasteiger partial charge on any atom is 0.135 e. The van der Waals surface area contributed by atoms with Crippen LogP contribution in [0.5, 0.6) is 0 Å². The van der Waals surface area contributed by atoms with Gasteiger partial charge in [-0.15, -0.1) is 11.8 Å². The van der Waals surface area contributed by atoms with Crippen molar-refractivity contribution in [2.75, 3.05) is 11.5 Å². The average molecular weight is 185 g/mol. The van der Waals surface area contributed by atoms with Crippen molar-refractivity contribution in [3.05, 3.63) is 5.69 Å². The molecule has 1 aromatic rings. The first kappa shape index (κ1) is 9.45. The summed E-state index contributed by atoms with van der Waals surface area (Å²) in [7, 11) is 1.87. The molecule has 0 saturated heterocycles. The predicted molar refractivity (Wildman–Crippen MR) is 53.4 cm³/mol. The molecule has 1 heterocycles. The van der Waals surface area contributed by atoms with Crippen molar-refractivity contribution in [2.45, 2.75) is 25.2 Å². The zero-order valence-corrected chi connectivity index (χ0v) is 8.61. The van der Waals surface area contributed by atoms with Crippen LogP contribution in [0.1, 0.15) is 19.0 Å². The van der Waals surface area contributed by atoms with Crippen LogP contribution in [0, 0.1) is 6.92 Å². The largest absolute Gasteiger partial charge is 0.383 e. The van der Waals surface area contributed by atoms with E-state index in [9.17, 15) is 0 Å². The molecule has 0 aliphatic heterocycles. The number of aryl methyl sites for hydroxylation is 2. The molecule has 3 nitrogen and oxygen atoms in total. The molecule has 0 saturated carbocycles. The van der Waals surface area contributed by atoms with Gasteiger partial charge in [0.25, 0.3) is 0 Å². The van der Waals surface area contributed by atoms with Crippen LogP contribution in [0.15, 0.2) is 4.90 Å². The summed E-state index contributed by atoms with van der Waals surface area (Å²) >= 11 is 1.79. The lowest BCUT2D eigenvalue weighted by molar-refractivity contribution is 0.767. The summed E-state index contributed by atoms with van der Waals surface area (Å²) in [5.41, 5.74) is 6.86. The summed E-state index contributed by atoms with van der Waals surface area (Å²) in [5.74, 6) is 1.89. The highest BCUT2D eigenvalue weighted by Gasteiger charge is 2.09. The minimum absolute atomic E-state index is 0.783. The van der Waals surface area contributed by atoms with Gasteiger partial charge in [-0.25, -0.2) is 0 Å². The van der Waals surface area contributed by atoms with Crippen LogP contribution in [-0.2, 0) is 7.05 Å². The second kappa shape index (κ2) is 3.85. The van der Waals surface area contributed by atoms with Crippen LogP contribution in [0.2, 0.25) is 0 Å². The molecular formula is C8H15N3S. The van der Waals surface area contributed by atoms with E-state index in [1.54, 1.807) is 16.4 Å². The Kier molecular flexibility index (Phi) is 3.03. The van der Waals surface area contributed by atoms with Gasteiger partial charge in [0, 0.05) is 7.05 Å². The number of hydrogen-bond donors (Lipinski definition) is 1. The van der Waals surface area contributed by atoms with E-state index in [0.29, 0.717) is 0 Å². The van der Waals surface area contributed by atoms with Gasteiger partial charge in [0.05, 0.1) is 10.6 Å². The van der Waals surface area contributed by atoms with Gasteiger partial charge in [0.2, 0.25) is 0 Å². The van der Waals surface area contributed by atoms with Gasteiger partial charge in [0.1, 0.15) is 5.82 Å². The van der Waals surface area contributed by atoms with Crippen LogP contribution in [0.3, 0.4) is 0 Å².